The van der Waals surface area contributed by atoms with Gasteiger partial charge in [-0.05, 0) is 6.42 Å². The molecule has 0 rings (SSSR count). The van der Waals surface area contributed by atoms with E-state index in [1.54, 1.807) is 0 Å². The molecule has 124 valence electrons. The van der Waals surface area contributed by atoms with E-state index in [1.807, 2.05) is 0 Å². The van der Waals surface area contributed by atoms with E-state index in [0.717, 1.165) is 18.7 Å². The van der Waals surface area contributed by atoms with Crippen LogP contribution in [0.2, 0.25) is 0 Å². The van der Waals surface area contributed by atoms with Crippen molar-refractivity contribution in [2.75, 3.05) is 5.75 Å². The molecule has 4 N–H and O–H groups in total. The summed E-state index contributed by atoms with van der Waals surface area (Å²) in [6.07, 6.45) is -0.446. The maximum absolute atomic E-state index is 11.6. The van der Waals surface area contributed by atoms with Gasteiger partial charge in [0.15, 0.2) is 5.12 Å². The van der Waals surface area contributed by atoms with Crippen molar-refractivity contribution in [3.8, 4) is 0 Å². The van der Waals surface area contributed by atoms with Crippen LogP contribution in [-0.4, -0.2) is 56.9 Å². The predicted molar refractivity (Wildman–Crippen MR) is 77.2 cm³/mol. The quantitative estimate of drug-likeness (QED) is 0.428. The van der Waals surface area contributed by atoms with Crippen LogP contribution in [0.1, 0.15) is 26.7 Å². The van der Waals surface area contributed by atoms with E-state index in [2.05, 4.69) is 10.6 Å². The third kappa shape index (κ3) is 8.95. The van der Waals surface area contributed by atoms with Crippen LogP contribution in [0.5, 0.6) is 0 Å². The molecule has 0 aromatic carbocycles. The molecule has 0 aliphatic rings. The molecule has 2 atom stereocenters. The molecule has 0 radical (unpaired) electrons. The van der Waals surface area contributed by atoms with Crippen molar-refractivity contribution in [2.45, 2.75) is 38.8 Å². The molecule has 0 aliphatic carbocycles. The molecule has 9 nitrogen and oxygen atoms in total. The SMILES string of the molecule is CC(=O)N[C@@H](CCC(=O)N[C@@H](CSC(C)=O)C(=O)O)C(=O)O. The van der Waals surface area contributed by atoms with Gasteiger partial charge in [-0.25, -0.2) is 9.59 Å². The number of thioether (sulfide) groups is 1. The average Bonchev–Trinajstić information content (AvgIpc) is 2.37. The van der Waals surface area contributed by atoms with E-state index in [4.69, 9.17) is 10.2 Å². The van der Waals surface area contributed by atoms with Crippen LogP contribution < -0.4 is 10.6 Å². The van der Waals surface area contributed by atoms with Gasteiger partial charge in [-0.15, -0.1) is 0 Å². The number of carbonyl (C=O) groups excluding carboxylic acids is 3. The Bertz CT molecular complexity index is 466. The van der Waals surface area contributed by atoms with E-state index in [0.29, 0.717) is 0 Å². The fourth-order valence-electron chi connectivity index (χ4n) is 1.42. The van der Waals surface area contributed by atoms with Crippen molar-refractivity contribution < 1.29 is 34.2 Å². The molecule has 0 heterocycles. The summed E-state index contributed by atoms with van der Waals surface area (Å²) in [4.78, 5) is 55.1. The van der Waals surface area contributed by atoms with E-state index >= 15 is 0 Å². The number of carboxylic acids is 2. The summed E-state index contributed by atoms with van der Waals surface area (Å²) >= 11 is 0.762. The number of rotatable bonds is 9. The van der Waals surface area contributed by atoms with Crippen molar-refractivity contribution >= 4 is 40.6 Å². The lowest BCUT2D eigenvalue weighted by Gasteiger charge is -2.15. The van der Waals surface area contributed by atoms with Gasteiger partial charge >= 0.3 is 11.9 Å². The highest BCUT2D eigenvalue weighted by molar-refractivity contribution is 8.13. The van der Waals surface area contributed by atoms with Gasteiger partial charge in [0.25, 0.3) is 0 Å². The molecule has 0 aromatic rings. The minimum Gasteiger partial charge on any atom is -0.480 e. The zero-order valence-electron chi connectivity index (χ0n) is 12.1. The number of hydrogen-bond donors (Lipinski definition) is 4. The van der Waals surface area contributed by atoms with Crippen molar-refractivity contribution in [1.82, 2.24) is 10.6 Å². The summed E-state index contributed by atoms with van der Waals surface area (Å²) in [5, 5.41) is 21.9. The van der Waals surface area contributed by atoms with Gasteiger partial charge in [0.05, 0.1) is 0 Å². The first-order chi connectivity index (χ1) is 10.1. The van der Waals surface area contributed by atoms with Crippen LogP contribution in [0.3, 0.4) is 0 Å². The van der Waals surface area contributed by atoms with Gasteiger partial charge in [0.1, 0.15) is 12.1 Å². The molecule has 0 saturated heterocycles. The largest absolute Gasteiger partial charge is 0.480 e. The average molecular weight is 334 g/mol. The molecule has 0 saturated carbocycles. The Balaban J connectivity index is 4.44. The first-order valence-corrected chi connectivity index (χ1v) is 7.27. The smallest absolute Gasteiger partial charge is 0.327 e. The third-order valence-corrected chi connectivity index (χ3v) is 3.33. The lowest BCUT2D eigenvalue weighted by Crippen LogP contribution is -2.44. The summed E-state index contributed by atoms with van der Waals surface area (Å²) in [6, 6.07) is -2.47. The van der Waals surface area contributed by atoms with E-state index in [-0.39, 0.29) is 23.7 Å². The first kappa shape index (κ1) is 19.9. The van der Waals surface area contributed by atoms with Gasteiger partial charge in [-0.2, -0.15) is 0 Å². The lowest BCUT2D eigenvalue weighted by molar-refractivity contribution is -0.143. The number of carbonyl (C=O) groups is 5. The van der Waals surface area contributed by atoms with Crippen LogP contribution in [-0.2, 0) is 24.0 Å². The van der Waals surface area contributed by atoms with Gasteiger partial charge in [-0.1, -0.05) is 11.8 Å². The Labute approximate surface area is 130 Å². The molecular formula is C12H18N2O7S. The molecule has 2 amide bonds. The van der Waals surface area contributed by atoms with E-state index in [9.17, 15) is 24.0 Å². The molecule has 0 spiro atoms. The molecule has 0 aromatic heterocycles. The molecule has 0 unspecified atom stereocenters. The molecule has 0 fully saturated rings. The fourth-order valence-corrected chi connectivity index (χ4v) is 2.05. The Morgan fingerprint density at radius 2 is 1.50 bits per heavy atom. The molecule has 22 heavy (non-hydrogen) atoms. The number of carboxylic acid groups (broad SMARTS) is 2. The number of nitrogens with one attached hydrogen (secondary N) is 2. The number of aliphatic carboxylic acids is 2. The van der Waals surface area contributed by atoms with Crippen LogP contribution >= 0.6 is 11.8 Å². The molecule has 0 aliphatic heterocycles. The van der Waals surface area contributed by atoms with Crippen LogP contribution in [0.4, 0.5) is 0 Å². The minimum atomic E-state index is -1.29. The van der Waals surface area contributed by atoms with Crippen molar-refractivity contribution in [2.24, 2.45) is 0 Å². The minimum absolute atomic E-state index is 0.121. The van der Waals surface area contributed by atoms with Crippen LogP contribution in [0.15, 0.2) is 0 Å². The highest BCUT2D eigenvalue weighted by Crippen LogP contribution is 2.05. The summed E-state index contributed by atoms with van der Waals surface area (Å²) < 4.78 is 0. The maximum Gasteiger partial charge on any atom is 0.327 e. The summed E-state index contributed by atoms with van der Waals surface area (Å²) in [7, 11) is 0. The number of hydrogen-bond acceptors (Lipinski definition) is 6. The molecular weight excluding hydrogens is 316 g/mol. The summed E-state index contributed by atoms with van der Waals surface area (Å²) in [5.74, 6) is -3.92. The third-order valence-electron chi connectivity index (χ3n) is 2.42. The van der Waals surface area contributed by atoms with Crippen LogP contribution in [0, 0.1) is 0 Å². The second kappa shape index (κ2) is 9.77. The van der Waals surface area contributed by atoms with Crippen molar-refractivity contribution in [3.63, 3.8) is 0 Å². The van der Waals surface area contributed by atoms with Gasteiger partial charge < -0.3 is 20.8 Å². The molecule has 0 bridgehead atoms. The first-order valence-electron chi connectivity index (χ1n) is 6.29. The van der Waals surface area contributed by atoms with E-state index in [1.165, 1.54) is 6.92 Å². The van der Waals surface area contributed by atoms with E-state index < -0.39 is 35.8 Å². The topological polar surface area (TPSA) is 150 Å². The maximum atomic E-state index is 11.6. The monoisotopic (exact) mass is 334 g/mol. The second-order valence-corrected chi connectivity index (χ2v) is 5.59. The standard InChI is InChI=1S/C12H18N2O7S/c1-6(15)13-8(11(18)19)3-4-10(17)14-9(12(20)21)5-22-7(2)16/h8-9H,3-5H2,1-2H3,(H,13,15)(H,14,17)(H,18,19)(H,20,21)/t8-,9-/m0/s1. The zero-order valence-corrected chi connectivity index (χ0v) is 12.9. The highest BCUT2D eigenvalue weighted by Gasteiger charge is 2.23. The summed E-state index contributed by atoms with van der Waals surface area (Å²) in [5.41, 5.74) is 0. The lowest BCUT2D eigenvalue weighted by atomic mass is 10.1. The number of amides is 2. The Kier molecular flexibility index (Phi) is 8.83. The van der Waals surface area contributed by atoms with Crippen molar-refractivity contribution in [1.29, 1.82) is 0 Å². The predicted octanol–water partition coefficient (Wildman–Crippen LogP) is -0.795. The van der Waals surface area contributed by atoms with Crippen molar-refractivity contribution in [3.05, 3.63) is 0 Å². The highest BCUT2D eigenvalue weighted by atomic mass is 32.2. The summed E-state index contributed by atoms with van der Waals surface area (Å²) in [6.45, 7) is 2.42. The fraction of sp³-hybridized carbons (Fsp3) is 0.583. The Morgan fingerprint density at radius 1 is 0.955 bits per heavy atom. The van der Waals surface area contributed by atoms with Gasteiger partial charge in [0.2, 0.25) is 11.8 Å². The Hall–Kier alpha value is -2.10. The second-order valence-electron chi connectivity index (χ2n) is 4.39. The van der Waals surface area contributed by atoms with Gasteiger partial charge in [0, 0.05) is 26.0 Å². The zero-order chi connectivity index (χ0) is 17.3. The Morgan fingerprint density at radius 3 is 1.91 bits per heavy atom. The molecule has 10 heteroatoms. The normalized spacial score (nSPS) is 12.8. The van der Waals surface area contributed by atoms with Gasteiger partial charge in [-0.3, -0.25) is 14.4 Å². The van der Waals surface area contributed by atoms with Crippen LogP contribution in [0.25, 0.3) is 0 Å².